The molecule has 0 aliphatic heterocycles. The molecule has 0 aliphatic rings. The van der Waals surface area contributed by atoms with Crippen molar-refractivity contribution in [2.24, 2.45) is 0 Å². The first-order chi connectivity index (χ1) is 16.8. The van der Waals surface area contributed by atoms with Gasteiger partial charge in [-0.05, 0) is 25.1 Å². The Hall–Kier alpha value is -4.64. The Morgan fingerprint density at radius 1 is 1.17 bits per heavy atom. The van der Waals surface area contributed by atoms with Crippen molar-refractivity contribution in [2.45, 2.75) is 13.1 Å². The van der Waals surface area contributed by atoms with Crippen molar-refractivity contribution < 1.29 is 18.0 Å². The number of benzene rings is 1. The molecule has 0 aliphatic carbocycles. The molecule has 10 nitrogen and oxygen atoms in total. The number of nitriles is 1. The molecule has 14 heteroatoms. The van der Waals surface area contributed by atoms with Gasteiger partial charge in [0.1, 0.15) is 17.1 Å². The predicted octanol–water partition coefficient (Wildman–Crippen LogP) is 3.91. The number of alkyl halides is 3. The molecule has 0 atom stereocenters. The van der Waals surface area contributed by atoms with Crippen LogP contribution in [0, 0.1) is 18.3 Å². The molecule has 0 bridgehead atoms. The maximum absolute atomic E-state index is 14.1. The van der Waals surface area contributed by atoms with E-state index in [0.717, 1.165) is 11.0 Å². The Kier molecular flexibility index (Phi) is 5.25. The molecular formula is C21H12F3N9OS. The lowest BCUT2D eigenvalue weighted by molar-refractivity contribution is -0.143. The zero-order valence-corrected chi connectivity index (χ0v) is 18.5. The van der Waals surface area contributed by atoms with Gasteiger partial charge in [-0.1, -0.05) is 6.07 Å². The second-order valence-corrected chi connectivity index (χ2v) is 8.39. The van der Waals surface area contributed by atoms with Gasteiger partial charge in [-0.2, -0.15) is 33.7 Å². The van der Waals surface area contributed by atoms with Crippen LogP contribution in [0.5, 0.6) is 0 Å². The number of thiazole rings is 1. The fourth-order valence-corrected chi connectivity index (χ4v) is 4.33. The number of nitrogens with one attached hydrogen (secondary N) is 1. The summed E-state index contributed by atoms with van der Waals surface area (Å²) in [7, 11) is 0. The standard InChI is InChI=1S/C21H12F3N9OS/c1-11-30-17-15(3-2-4-16(17)35-11)32-18(21(22,23)24)14(10-29-32)20(34)31-13-7-12(8-25)19(26-9-13)33-27-5-6-28-33/h2-7,9-10H,1H3,(H,31,34). The first-order valence-electron chi connectivity index (χ1n) is 9.86. The lowest BCUT2D eigenvalue weighted by Crippen LogP contribution is -2.21. The molecule has 174 valence electrons. The molecule has 35 heavy (non-hydrogen) atoms. The molecule has 0 saturated carbocycles. The minimum absolute atomic E-state index is 0.0105. The van der Waals surface area contributed by atoms with E-state index in [1.807, 2.05) is 6.07 Å². The van der Waals surface area contributed by atoms with Crippen LogP contribution in [0.1, 0.15) is 26.6 Å². The Morgan fingerprint density at radius 2 is 1.94 bits per heavy atom. The topological polar surface area (TPSA) is 127 Å². The lowest BCUT2D eigenvalue weighted by Gasteiger charge is -2.13. The van der Waals surface area contributed by atoms with Crippen molar-refractivity contribution >= 4 is 33.1 Å². The number of fused-ring (bicyclic) bond motifs is 1. The summed E-state index contributed by atoms with van der Waals surface area (Å²) in [5.74, 6) is -0.966. The summed E-state index contributed by atoms with van der Waals surface area (Å²) >= 11 is 1.34. The highest BCUT2D eigenvalue weighted by atomic mass is 32.1. The molecule has 4 aromatic heterocycles. The number of aryl methyl sites for hydroxylation is 1. The summed E-state index contributed by atoms with van der Waals surface area (Å²) in [5.41, 5.74) is -1.47. The van der Waals surface area contributed by atoms with Gasteiger partial charge in [0.05, 0.1) is 51.4 Å². The monoisotopic (exact) mass is 495 g/mol. The number of carbonyl (C=O) groups excluding carboxylic acids is 1. The van der Waals surface area contributed by atoms with E-state index in [1.165, 1.54) is 42.1 Å². The van der Waals surface area contributed by atoms with E-state index in [0.29, 0.717) is 19.9 Å². The van der Waals surface area contributed by atoms with Crippen molar-refractivity contribution in [3.63, 3.8) is 0 Å². The summed E-state index contributed by atoms with van der Waals surface area (Å²) in [6.45, 7) is 1.75. The second-order valence-electron chi connectivity index (χ2n) is 7.15. The van der Waals surface area contributed by atoms with Crippen LogP contribution in [0.15, 0.2) is 49.1 Å². The average molecular weight is 495 g/mol. The van der Waals surface area contributed by atoms with E-state index in [9.17, 15) is 23.2 Å². The number of hydrogen-bond donors (Lipinski definition) is 1. The normalized spacial score (nSPS) is 11.5. The van der Waals surface area contributed by atoms with E-state index in [1.54, 1.807) is 19.1 Å². The third-order valence-corrected chi connectivity index (χ3v) is 5.80. The highest BCUT2D eigenvalue weighted by molar-refractivity contribution is 7.18. The van der Waals surface area contributed by atoms with Crippen molar-refractivity contribution in [1.82, 2.24) is 34.7 Å². The molecule has 5 rings (SSSR count). The lowest BCUT2D eigenvalue weighted by atomic mass is 10.2. The fraction of sp³-hybridized carbons (Fsp3) is 0.0952. The first kappa shape index (κ1) is 22.2. The first-order valence-corrected chi connectivity index (χ1v) is 10.7. The molecule has 1 amide bonds. The number of halogens is 3. The zero-order valence-electron chi connectivity index (χ0n) is 17.6. The Labute approximate surface area is 198 Å². The molecular weight excluding hydrogens is 483 g/mol. The minimum Gasteiger partial charge on any atom is -0.320 e. The van der Waals surface area contributed by atoms with E-state index < -0.39 is 23.3 Å². The van der Waals surface area contributed by atoms with Crippen LogP contribution < -0.4 is 5.32 Å². The van der Waals surface area contributed by atoms with Crippen LogP contribution in [0.4, 0.5) is 18.9 Å². The van der Waals surface area contributed by atoms with Crippen molar-refractivity contribution in [1.29, 1.82) is 5.26 Å². The van der Waals surface area contributed by atoms with Gasteiger partial charge in [0.15, 0.2) is 11.5 Å². The fourth-order valence-electron chi connectivity index (χ4n) is 3.48. The smallest absolute Gasteiger partial charge is 0.320 e. The summed E-state index contributed by atoms with van der Waals surface area (Å²) in [6, 6.07) is 7.96. The molecule has 1 N–H and O–H groups in total. The zero-order chi connectivity index (χ0) is 24.7. The quantitative estimate of drug-likeness (QED) is 0.400. The van der Waals surface area contributed by atoms with Gasteiger partial charge in [-0.25, -0.2) is 14.6 Å². The molecule has 5 aromatic rings. The molecule has 0 spiro atoms. The molecule has 0 fully saturated rings. The van der Waals surface area contributed by atoms with Gasteiger partial charge >= 0.3 is 6.18 Å². The van der Waals surface area contributed by atoms with Crippen LogP contribution >= 0.6 is 11.3 Å². The third kappa shape index (κ3) is 3.97. The number of rotatable bonds is 4. The SMILES string of the molecule is Cc1nc2c(-n3ncc(C(=O)Nc4cnc(-n5nccn5)c(C#N)c4)c3C(F)(F)F)cccc2s1. The van der Waals surface area contributed by atoms with Crippen LogP contribution in [0.25, 0.3) is 21.7 Å². The van der Waals surface area contributed by atoms with Crippen LogP contribution in [0.2, 0.25) is 0 Å². The highest BCUT2D eigenvalue weighted by Crippen LogP contribution is 2.36. The Bertz CT molecular complexity index is 1610. The molecule has 0 saturated heterocycles. The Balaban J connectivity index is 1.54. The van der Waals surface area contributed by atoms with E-state index in [2.05, 4.69) is 30.6 Å². The summed E-state index contributed by atoms with van der Waals surface area (Å²) in [5, 5.41) is 24.1. The number of carbonyl (C=O) groups is 1. The van der Waals surface area contributed by atoms with E-state index in [4.69, 9.17) is 0 Å². The largest absolute Gasteiger partial charge is 0.434 e. The molecule has 0 unspecified atom stereocenters. The number of nitrogens with zero attached hydrogens (tertiary/aromatic N) is 8. The van der Waals surface area contributed by atoms with Gasteiger partial charge in [-0.3, -0.25) is 4.79 Å². The summed E-state index contributed by atoms with van der Waals surface area (Å²) < 4.78 is 43.8. The van der Waals surface area contributed by atoms with Crippen LogP contribution in [-0.2, 0) is 6.18 Å². The van der Waals surface area contributed by atoms with Gasteiger partial charge < -0.3 is 5.32 Å². The number of pyridine rings is 1. The number of anilines is 1. The summed E-state index contributed by atoms with van der Waals surface area (Å²) in [6.07, 6.45) is -0.0859. The van der Waals surface area contributed by atoms with Gasteiger partial charge in [0.2, 0.25) is 0 Å². The van der Waals surface area contributed by atoms with Gasteiger partial charge in [-0.15, -0.1) is 16.1 Å². The van der Waals surface area contributed by atoms with Gasteiger partial charge in [0.25, 0.3) is 5.91 Å². The average Bonchev–Trinajstić information content (AvgIpc) is 3.56. The summed E-state index contributed by atoms with van der Waals surface area (Å²) in [4.78, 5) is 22.4. The maximum Gasteiger partial charge on any atom is 0.434 e. The number of para-hydroxylation sites is 1. The molecule has 1 aromatic carbocycles. The predicted molar refractivity (Wildman–Crippen MR) is 118 cm³/mol. The highest BCUT2D eigenvalue weighted by Gasteiger charge is 2.41. The van der Waals surface area contributed by atoms with Gasteiger partial charge in [0, 0.05) is 0 Å². The number of amides is 1. The van der Waals surface area contributed by atoms with Crippen LogP contribution in [0.3, 0.4) is 0 Å². The minimum atomic E-state index is -4.90. The van der Waals surface area contributed by atoms with E-state index >= 15 is 0 Å². The Morgan fingerprint density at radius 3 is 2.66 bits per heavy atom. The van der Waals surface area contributed by atoms with Crippen LogP contribution in [-0.4, -0.2) is 40.6 Å². The number of aromatic nitrogens is 7. The molecule has 4 heterocycles. The van der Waals surface area contributed by atoms with Crippen molar-refractivity contribution in [3.8, 4) is 17.6 Å². The van der Waals surface area contributed by atoms with Crippen molar-refractivity contribution in [3.05, 3.63) is 70.9 Å². The maximum atomic E-state index is 14.1. The number of hydrogen-bond acceptors (Lipinski definition) is 8. The molecule has 0 radical (unpaired) electrons. The third-order valence-electron chi connectivity index (χ3n) is 4.87. The van der Waals surface area contributed by atoms with Crippen molar-refractivity contribution in [2.75, 3.05) is 5.32 Å². The second kappa shape index (κ2) is 8.29. The van der Waals surface area contributed by atoms with E-state index in [-0.39, 0.29) is 22.8 Å².